The van der Waals surface area contributed by atoms with E-state index in [1.165, 1.54) is 31.2 Å². The number of benzene rings is 1. The minimum Gasteiger partial charge on any atom is -0.480 e. The van der Waals surface area contributed by atoms with Gasteiger partial charge in [-0.15, -0.1) is 0 Å². The third-order valence-corrected chi connectivity index (χ3v) is 3.34. The van der Waals surface area contributed by atoms with Crippen LogP contribution in [0.15, 0.2) is 24.3 Å². The molecule has 1 aromatic carbocycles. The highest BCUT2D eigenvalue weighted by Gasteiger charge is 2.28. The van der Waals surface area contributed by atoms with Gasteiger partial charge in [0.05, 0.1) is 13.0 Å². The molecule has 0 aliphatic heterocycles. The van der Waals surface area contributed by atoms with Gasteiger partial charge in [-0.3, -0.25) is 14.4 Å². The smallest absolute Gasteiger partial charge is 0.326 e. The average Bonchev–Trinajstić information content (AvgIpc) is 2.55. The molecule has 0 spiro atoms. The maximum atomic E-state index is 13.0. The highest BCUT2D eigenvalue weighted by Crippen LogP contribution is 2.07. The van der Waals surface area contributed by atoms with Crippen LogP contribution in [-0.2, 0) is 30.3 Å². The Bertz CT molecular complexity index is 662. The first-order valence-electron chi connectivity index (χ1n) is 7.93. The highest BCUT2D eigenvalue weighted by atomic mass is 19.1. The zero-order valence-electron chi connectivity index (χ0n) is 14.5. The van der Waals surface area contributed by atoms with E-state index < -0.39 is 48.1 Å². The number of ether oxygens (including phenoxy) is 1. The molecule has 2 atom stereocenters. The van der Waals surface area contributed by atoms with Crippen LogP contribution in [0.3, 0.4) is 0 Å². The van der Waals surface area contributed by atoms with Crippen LogP contribution in [0, 0.1) is 5.82 Å². The highest BCUT2D eigenvalue weighted by molar-refractivity contribution is 5.91. The molecule has 3 N–H and O–H groups in total. The molecule has 2 amide bonds. The van der Waals surface area contributed by atoms with Crippen LogP contribution in [-0.4, -0.2) is 47.6 Å². The van der Waals surface area contributed by atoms with E-state index in [0.29, 0.717) is 5.56 Å². The molecular formula is C17H21FN2O6. The summed E-state index contributed by atoms with van der Waals surface area (Å²) >= 11 is 0. The third-order valence-electron chi connectivity index (χ3n) is 3.34. The van der Waals surface area contributed by atoms with Crippen molar-refractivity contribution in [2.45, 2.75) is 38.8 Å². The lowest BCUT2D eigenvalue weighted by molar-refractivity contribution is -0.150. The quantitative estimate of drug-likeness (QED) is 0.542. The van der Waals surface area contributed by atoms with Crippen molar-refractivity contribution in [1.29, 1.82) is 0 Å². The van der Waals surface area contributed by atoms with Gasteiger partial charge < -0.3 is 20.5 Å². The van der Waals surface area contributed by atoms with Crippen molar-refractivity contribution in [3.8, 4) is 0 Å². The van der Waals surface area contributed by atoms with Crippen LogP contribution >= 0.6 is 0 Å². The molecule has 0 heterocycles. The molecule has 0 fully saturated rings. The number of carbonyl (C=O) groups is 4. The second-order valence-electron chi connectivity index (χ2n) is 5.49. The Morgan fingerprint density at radius 2 is 1.73 bits per heavy atom. The van der Waals surface area contributed by atoms with Crippen molar-refractivity contribution in [1.82, 2.24) is 10.6 Å². The van der Waals surface area contributed by atoms with Gasteiger partial charge in [0.25, 0.3) is 0 Å². The molecule has 1 rings (SSSR count). The van der Waals surface area contributed by atoms with Gasteiger partial charge in [0.2, 0.25) is 11.8 Å². The second-order valence-corrected chi connectivity index (χ2v) is 5.49. The zero-order valence-corrected chi connectivity index (χ0v) is 14.5. The third kappa shape index (κ3) is 7.29. The Kier molecular flexibility index (Phi) is 8.20. The van der Waals surface area contributed by atoms with Crippen LogP contribution in [0.5, 0.6) is 0 Å². The molecule has 8 nitrogen and oxygen atoms in total. The standard InChI is InChI=1S/C17H21FN2O6/c1-3-26-15(22)9-14(17(24)25)20-16(23)13(19-10(2)21)8-11-4-6-12(18)7-5-11/h4-7,13-14H,3,8-9H2,1-2H3,(H,19,21)(H,20,23)(H,24,25)/t13-,14-/m0/s1. The van der Waals surface area contributed by atoms with E-state index in [-0.39, 0.29) is 13.0 Å². The van der Waals surface area contributed by atoms with Crippen molar-refractivity contribution < 1.29 is 33.4 Å². The number of nitrogens with one attached hydrogen (secondary N) is 2. The van der Waals surface area contributed by atoms with Crippen molar-refractivity contribution >= 4 is 23.8 Å². The Hall–Kier alpha value is -2.97. The van der Waals surface area contributed by atoms with Gasteiger partial charge >= 0.3 is 11.9 Å². The number of carbonyl (C=O) groups excluding carboxylic acids is 3. The van der Waals surface area contributed by atoms with Crippen molar-refractivity contribution in [2.24, 2.45) is 0 Å². The molecule has 142 valence electrons. The van der Waals surface area contributed by atoms with E-state index in [2.05, 4.69) is 15.4 Å². The number of hydrogen-bond acceptors (Lipinski definition) is 5. The molecule has 0 bridgehead atoms. The van der Waals surface area contributed by atoms with Crippen LogP contribution < -0.4 is 10.6 Å². The Balaban J connectivity index is 2.85. The first-order valence-corrected chi connectivity index (χ1v) is 7.93. The first kappa shape index (κ1) is 21.1. The summed E-state index contributed by atoms with van der Waals surface area (Å²) in [6.07, 6.45) is -0.518. The van der Waals surface area contributed by atoms with Gasteiger partial charge in [0, 0.05) is 13.3 Å². The number of rotatable bonds is 9. The lowest BCUT2D eigenvalue weighted by Gasteiger charge is -2.20. The van der Waals surface area contributed by atoms with E-state index in [4.69, 9.17) is 0 Å². The lowest BCUT2D eigenvalue weighted by Crippen LogP contribution is -2.52. The van der Waals surface area contributed by atoms with Crippen LogP contribution in [0.4, 0.5) is 4.39 Å². The summed E-state index contributed by atoms with van der Waals surface area (Å²) in [6.45, 7) is 2.86. The van der Waals surface area contributed by atoms with Crippen molar-refractivity contribution in [2.75, 3.05) is 6.61 Å². The number of amides is 2. The number of carboxylic acids is 1. The fourth-order valence-electron chi connectivity index (χ4n) is 2.17. The summed E-state index contributed by atoms with van der Waals surface area (Å²) in [5.74, 6) is -3.90. The zero-order chi connectivity index (χ0) is 19.7. The number of carboxylic acid groups (broad SMARTS) is 1. The fourth-order valence-corrected chi connectivity index (χ4v) is 2.17. The second kappa shape index (κ2) is 10.1. The topological polar surface area (TPSA) is 122 Å². The monoisotopic (exact) mass is 368 g/mol. The normalized spacial score (nSPS) is 12.6. The molecule has 0 unspecified atom stereocenters. The minimum atomic E-state index is -1.49. The molecule has 0 saturated carbocycles. The van der Waals surface area contributed by atoms with Gasteiger partial charge in [0.1, 0.15) is 17.9 Å². The van der Waals surface area contributed by atoms with Crippen LogP contribution in [0.25, 0.3) is 0 Å². The molecule has 0 aromatic heterocycles. The molecule has 0 aliphatic carbocycles. The van der Waals surface area contributed by atoms with Gasteiger partial charge in [0.15, 0.2) is 0 Å². The maximum Gasteiger partial charge on any atom is 0.326 e. The van der Waals surface area contributed by atoms with E-state index in [0.717, 1.165) is 0 Å². The lowest BCUT2D eigenvalue weighted by atomic mass is 10.0. The number of aliphatic carboxylic acids is 1. The summed E-state index contributed by atoms with van der Waals surface area (Å²) in [5.41, 5.74) is 0.567. The van der Waals surface area contributed by atoms with E-state index in [1.807, 2.05) is 0 Å². The molecule has 26 heavy (non-hydrogen) atoms. The maximum absolute atomic E-state index is 13.0. The summed E-state index contributed by atoms with van der Waals surface area (Å²) in [5, 5.41) is 13.8. The van der Waals surface area contributed by atoms with Gasteiger partial charge in [-0.05, 0) is 24.6 Å². The van der Waals surface area contributed by atoms with E-state index in [9.17, 15) is 28.7 Å². The average molecular weight is 368 g/mol. The van der Waals surface area contributed by atoms with Crippen LogP contribution in [0.2, 0.25) is 0 Å². The van der Waals surface area contributed by atoms with Gasteiger partial charge in [-0.2, -0.15) is 0 Å². The molecular weight excluding hydrogens is 347 g/mol. The summed E-state index contributed by atoms with van der Waals surface area (Å²) < 4.78 is 17.7. The first-order chi connectivity index (χ1) is 12.2. The van der Waals surface area contributed by atoms with Gasteiger partial charge in [-0.25, -0.2) is 9.18 Å². The van der Waals surface area contributed by atoms with Gasteiger partial charge in [-0.1, -0.05) is 12.1 Å². The number of hydrogen-bond donors (Lipinski definition) is 3. The molecule has 0 aliphatic rings. The minimum absolute atomic E-state index is 0.0252. The van der Waals surface area contributed by atoms with E-state index in [1.54, 1.807) is 6.92 Å². The number of esters is 1. The molecule has 1 aromatic rings. The Morgan fingerprint density at radius 1 is 1.12 bits per heavy atom. The summed E-state index contributed by atoms with van der Waals surface area (Å²) in [7, 11) is 0. The Labute approximate surface area is 149 Å². The largest absolute Gasteiger partial charge is 0.480 e. The summed E-state index contributed by atoms with van der Waals surface area (Å²) in [6, 6.07) is 2.74. The van der Waals surface area contributed by atoms with E-state index >= 15 is 0 Å². The summed E-state index contributed by atoms with van der Waals surface area (Å²) in [4.78, 5) is 46.5. The fraction of sp³-hybridized carbons (Fsp3) is 0.412. The van der Waals surface area contributed by atoms with Crippen LogP contribution in [0.1, 0.15) is 25.8 Å². The SMILES string of the molecule is CCOC(=O)C[C@H](NC(=O)[C@H](Cc1ccc(F)cc1)NC(C)=O)C(=O)O. The molecule has 0 saturated heterocycles. The predicted molar refractivity (Wildman–Crippen MR) is 88.5 cm³/mol. The molecule has 0 radical (unpaired) electrons. The number of halogens is 1. The Morgan fingerprint density at radius 3 is 2.23 bits per heavy atom. The molecule has 9 heteroatoms. The van der Waals surface area contributed by atoms with Crippen molar-refractivity contribution in [3.63, 3.8) is 0 Å². The van der Waals surface area contributed by atoms with Crippen molar-refractivity contribution in [3.05, 3.63) is 35.6 Å². The predicted octanol–water partition coefficient (Wildman–Crippen LogP) is 0.395.